The van der Waals surface area contributed by atoms with Crippen molar-refractivity contribution >= 4 is 23.2 Å². The van der Waals surface area contributed by atoms with Crippen LogP contribution in [0.15, 0.2) is 18.2 Å². The quantitative estimate of drug-likeness (QED) is 0.818. The summed E-state index contributed by atoms with van der Waals surface area (Å²) in [5, 5.41) is 6.66. The predicted octanol–water partition coefficient (Wildman–Crippen LogP) is 3.30. The van der Waals surface area contributed by atoms with Gasteiger partial charge in [-0.2, -0.15) is 0 Å². The van der Waals surface area contributed by atoms with Crippen LogP contribution in [0.3, 0.4) is 0 Å². The lowest BCUT2D eigenvalue weighted by molar-refractivity contribution is 0.0954. The first-order valence-corrected chi connectivity index (χ1v) is 6.38. The zero-order valence-electron chi connectivity index (χ0n) is 10.3. The number of hydrogen-bond donors (Lipinski definition) is 2. The number of carbonyl (C=O) groups is 1. The molecule has 1 aromatic carbocycles. The Balaban J connectivity index is 2.85. The average molecular weight is 255 g/mol. The van der Waals surface area contributed by atoms with Crippen molar-refractivity contribution < 1.29 is 4.79 Å². The first-order chi connectivity index (χ1) is 8.19. The SMILES string of the molecule is CCCNC(=O)c1cc(Cl)ccc1NCCC. The third-order valence-corrected chi connectivity index (χ3v) is 2.56. The molecule has 0 heterocycles. The van der Waals surface area contributed by atoms with Gasteiger partial charge in [0, 0.05) is 23.8 Å². The summed E-state index contributed by atoms with van der Waals surface area (Å²) in [7, 11) is 0. The fourth-order valence-corrected chi connectivity index (χ4v) is 1.62. The molecule has 0 aliphatic carbocycles. The van der Waals surface area contributed by atoms with Crippen molar-refractivity contribution in [3.63, 3.8) is 0 Å². The van der Waals surface area contributed by atoms with Gasteiger partial charge in [-0.05, 0) is 31.0 Å². The van der Waals surface area contributed by atoms with Crippen LogP contribution in [0.5, 0.6) is 0 Å². The van der Waals surface area contributed by atoms with E-state index in [4.69, 9.17) is 11.6 Å². The molecule has 94 valence electrons. The summed E-state index contributed by atoms with van der Waals surface area (Å²) < 4.78 is 0. The molecule has 1 rings (SSSR count). The normalized spacial score (nSPS) is 10.1. The maximum atomic E-state index is 11.9. The van der Waals surface area contributed by atoms with Crippen molar-refractivity contribution in [1.82, 2.24) is 5.32 Å². The number of benzene rings is 1. The van der Waals surface area contributed by atoms with Gasteiger partial charge >= 0.3 is 0 Å². The Bertz CT molecular complexity index is 380. The van der Waals surface area contributed by atoms with Crippen molar-refractivity contribution in [2.45, 2.75) is 26.7 Å². The van der Waals surface area contributed by atoms with Gasteiger partial charge in [-0.1, -0.05) is 25.4 Å². The molecule has 1 amide bonds. The van der Waals surface area contributed by atoms with E-state index in [9.17, 15) is 4.79 Å². The predicted molar refractivity (Wildman–Crippen MR) is 72.9 cm³/mol. The molecule has 0 unspecified atom stereocenters. The maximum absolute atomic E-state index is 11.9. The summed E-state index contributed by atoms with van der Waals surface area (Å²) >= 11 is 5.92. The molecule has 0 aliphatic heterocycles. The van der Waals surface area contributed by atoms with Crippen molar-refractivity contribution in [2.75, 3.05) is 18.4 Å². The van der Waals surface area contributed by atoms with E-state index in [-0.39, 0.29) is 5.91 Å². The number of rotatable bonds is 6. The zero-order valence-corrected chi connectivity index (χ0v) is 11.1. The topological polar surface area (TPSA) is 41.1 Å². The molecule has 0 saturated heterocycles. The molecule has 4 heteroatoms. The van der Waals surface area contributed by atoms with Gasteiger partial charge in [0.1, 0.15) is 0 Å². The highest BCUT2D eigenvalue weighted by atomic mass is 35.5. The van der Waals surface area contributed by atoms with Gasteiger partial charge in [-0.3, -0.25) is 4.79 Å². The molecule has 0 aromatic heterocycles. The fraction of sp³-hybridized carbons (Fsp3) is 0.462. The van der Waals surface area contributed by atoms with E-state index in [0.717, 1.165) is 25.1 Å². The molecule has 0 radical (unpaired) electrons. The summed E-state index contributed by atoms with van der Waals surface area (Å²) in [6.45, 7) is 5.63. The minimum atomic E-state index is -0.0760. The molecule has 3 nitrogen and oxygen atoms in total. The van der Waals surface area contributed by atoms with E-state index in [1.54, 1.807) is 12.1 Å². The van der Waals surface area contributed by atoms with Crippen LogP contribution in [0, 0.1) is 0 Å². The smallest absolute Gasteiger partial charge is 0.253 e. The van der Waals surface area contributed by atoms with E-state index < -0.39 is 0 Å². The molecule has 0 spiro atoms. The number of anilines is 1. The Morgan fingerprint density at radius 1 is 1.24 bits per heavy atom. The lowest BCUT2D eigenvalue weighted by Crippen LogP contribution is -2.25. The zero-order chi connectivity index (χ0) is 12.7. The van der Waals surface area contributed by atoms with E-state index in [2.05, 4.69) is 17.6 Å². The highest BCUT2D eigenvalue weighted by molar-refractivity contribution is 6.31. The van der Waals surface area contributed by atoms with E-state index in [1.165, 1.54) is 0 Å². The van der Waals surface area contributed by atoms with Crippen LogP contribution in [0.4, 0.5) is 5.69 Å². The van der Waals surface area contributed by atoms with Gasteiger partial charge < -0.3 is 10.6 Å². The summed E-state index contributed by atoms with van der Waals surface area (Å²) in [6, 6.07) is 5.33. The van der Waals surface area contributed by atoms with Crippen LogP contribution in [0.25, 0.3) is 0 Å². The number of hydrogen-bond acceptors (Lipinski definition) is 2. The lowest BCUT2D eigenvalue weighted by Gasteiger charge is -2.11. The van der Waals surface area contributed by atoms with Crippen molar-refractivity contribution in [2.24, 2.45) is 0 Å². The minimum Gasteiger partial charge on any atom is -0.384 e. The average Bonchev–Trinajstić information content (AvgIpc) is 2.34. The second kappa shape index (κ2) is 7.17. The molecule has 1 aromatic rings. The molecule has 2 N–H and O–H groups in total. The summed E-state index contributed by atoms with van der Waals surface area (Å²) in [6.07, 6.45) is 1.93. The van der Waals surface area contributed by atoms with Crippen LogP contribution >= 0.6 is 11.6 Å². The van der Waals surface area contributed by atoms with Crippen LogP contribution in [0.2, 0.25) is 5.02 Å². The second-order valence-electron chi connectivity index (χ2n) is 3.87. The van der Waals surface area contributed by atoms with Crippen molar-refractivity contribution in [3.8, 4) is 0 Å². The maximum Gasteiger partial charge on any atom is 0.253 e. The molecular weight excluding hydrogens is 236 g/mol. The summed E-state index contributed by atoms with van der Waals surface area (Å²) in [5.41, 5.74) is 1.45. The first-order valence-electron chi connectivity index (χ1n) is 6.00. The Hall–Kier alpha value is -1.22. The fourth-order valence-electron chi connectivity index (χ4n) is 1.45. The standard InChI is InChI=1S/C13H19ClN2O/c1-3-7-15-12-6-5-10(14)9-11(12)13(17)16-8-4-2/h5-6,9,15H,3-4,7-8H2,1-2H3,(H,16,17). The first kappa shape index (κ1) is 13.8. The van der Waals surface area contributed by atoms with Gasteiger partial charge in [-0.15, -0.1) is 0 Å². The van der Waals surface area contributed by atoms with Gasteiger partial charge in [-0.25, -0.2) is 0 Å². The molecular formula is C13H19ClN2O. The Labute approximate surface area is 108 Å². The number of nitrogens with one attached hydrogen (secondary N) is 2. The summed E-state index contributed by atoms with van der Waals surface area (Å²) in [5.74, 6) is -0.0760. The highest BCUT2D eigenvalue weighted by Gasteiger charge is 2.11. The number of carbonyl (C=O) groups excluding carboxylic acids is 1. The van der Waals surface area contributed by atoms with E-state index in [1.807, 2.05) is 13.0 Å². The Morgan fingerprint density at radius 3 is 2.59 bits per heavy atom. The Kier molecular flexibility index (Phi) is 5.84. The summed E-state index contributed by atoms with van der Waals surface area (Å²) in [4.78, 5) is 11.9. The Morgan fingerprint density at radius 2 is 1.94 bits per heavy atom. The third kappa shape index (κ3) is 4.27. The highest BCUT2D eigenvalue weighted by Crippen LogP contribution is 2.20. The minimum absolute atomic E-state index is 0.0760. The van der Waals surface area contributed by atoms with E-state index >= 15 is 0 Å². The van der Waals surface area contributed by atoms with Crippen LogP contribution < -0.4 is 10.6 Å². The number of halogens is 1. The molecule has 0 atom stereocenters. The van der Waals surface area contributed by atoms with Gasteiger partial charge in [0.2, 0.25) is 0 Å². The lowest BCUT2D eigenvalue weighted by atomic mass is 10.1. The molecule has 0 saturated carbocycles. The third-order valence-electron chi connectivity index (χ3n) is 2.33. The monoisotopic (exact) mass is 254 g/mol. The molecule has 0 aliphatic rings. The largest absolute Gasteiger partial charge is 0.384 e. The van der Waals surface area contributed by atoms with Crippen molar-refractivity contribution in [1.29, 1.82) is 0 Å². The van der Waals surface area contributed by atoms with Crippen molar-refractivity contribution in [3.05, 3.63) is 28.8 Å². The second-order valence-corrected chi connectivity index (χ2v) is 4.31. The van der Waals surface area contributed by atoms with Gasteiger partial charge in [0.05, 0.1) is 5.56 Å². The van der Waals surface area contributed by atoms with Crippen LogP contribution in [-0.4, -0.2) is 19.0 Å². The molecule has 0 bridgehead atoms. The van der Waals surface area contributed by atoms with Crippen LogP contribution in [0.1, 0.15) is 37.0 Å². The van der Waals surface area contributed by atoms with Gasteiger partial charge in [0.25, 0.3) is 5.91 Å². The van der Waals surface area contributed by atoms with Gasteiger partial charge in [0.15, 0.2) is 0 Å². The molecule has 0 fully saturated rings. The van der Waals surface area contributed by atoms with E-state index in [0.29, 0.717) is 17.1 Å². The van der Waals surface area contributed by atoms with Crippen LogP contribution in [-0.2, 0) is 0 Å². The number of amides is 1. The molecule has 17 heavy (non-hydrogen) atoms.